The monoisotopic (exact) mass is 423 g/mol. The standard InChI is InChI=1S/C25H29NO5/c1-4-6-7-14-26-22(17-10-8-12-19(15-17)30-3)21(24(28)25(26)29)23(27)18-11-9-13-20(16-18)31-5-2/h8-13,15-16,22,27H,4-7,14H2,1-3H3/b23-21-. The number of nitrogens with zero attached hydrogens (tertiary/aromatic N) is 1. The van der Waals surface area contributed by atoms with E-state index >= 15 is 0 Å². The van der Waals surface area contributed by atoms with Crippen LogP contribution in [0.2, 0.25) is 0 Å². The maximum atomic E-state index is 13.0. The smallest absolute Gasteiger partial charge is 0.295 e. The topological polar surface area (TPSA) is 76.1 Å². The molecule has 2 aromatic rings. The van der Waals surface area contributed by atoms with Gasteiger partial charge in [-0.25, -0.2) is 0 Å². The van der Waals surface area contributed by atoms with Crippen LogP contribution in [0.3, 0.4) is 0 Å². The van der Waals surface area contributed by atoms with E-state index in [1.807, 2.05) is 19.1 Å². The van der Waals surface area contributed by atoms with Crippen molar-refractivity contribution in [1.29, 1.82) is 0 Å². The minimum absolute atomic E-state index is 0.0865. The molecule has 1 N–H and O–H groups in total. The molecule has 1 atom stereocenters. The number of unbranched alkanes of at least 4 members (excludes halogenated alkanes) is 2. The average molecular weight is 424 g/mol. The van der Waals surface area contributed by atoms with Crippen molar-refractivity contribution in [3.8, 4) is 11.5 Å². The fraction of sp³-hybridized carbons (Fsp3) is 0.360. The van der Waals surface area contributed by atoms with E-state index in [4.69, 9.17) is 9.47 Å². The first kappa shape index (κ1) is 22.4. The molecule has 0 radical (unpaired) electrons. The number of aliphatic hydroxyl groups excluding tert-OH is 1. The number of likely N-dealkylation sites (tertiary alicyclic amines) is 1. The molecule has 1 unspecified atom stereocenters. The second-order valence-corrected chi connectivity index (χ2v) is 7.44. The van der Waals surface area contributed by atoms with Crippen LogP contribution < -0.4 is 9.47 Å². The summed E-state index contributed by atoms with van der Waals surface area (Å²) < 4.78 is 10.9. The van der Waals surface area contributed by atoms with Gasteiger partial charge >= 0.3 is 0 Å². The molecule has 0 aliphatic carbocycles. The highest BCUT2D eigenvalue weighted by Gasteiger charge is 2.45. The molecular formula is C25H29NO5. The normalized spacial score (nSPS) is 17.8. The molecule has 0 bridgehead atoms. The Bertz CT molecular complexity index is 981. The molecule has 1 fully saturated rings. The molecule has 6 nitrogen and oxygen atoms in total. The van der Waals surface area contributed by atoms with Crippen molar-refractivity contribution in [3.63, 3.8) is 0 Å². The van der Waals surface area contributed by atoms with Crippen LogP contribution >= 0.6 is 0 Å². The quantitative estimate of drug-likeness (QED) is 0.274. The Morgan fingerprint density at radius 3 is 2.48 bits per heavy atom. The zero-order valence-corrected chi connectivity index (χ0v) is 18.3. The van der Waals surface area contributed by atoms with Gasteiger partial charge in [0, 0.05) is 12.1 Å². The van der Waals surface area contributed by atoms with Crippen LogP contribution in [0.4, 0.5) is 0 Å². The van der Waals surface area contributed by atoms with Gasteiger partial charge in [0.1, 0.15) is 17.3 Å². The number of Topliss-reactive ketones (excluding diaryl/α,β-unsaturated/α-hetero) is 1. The second kappa shape index (κ2) is 10.2. The minimum Gasteiger partial charge on any atom is -0.507 e. The summed E-state index contributed by atoms with van der Waals surface area (Å²) >= 11 is 0. The summed E-state index contributed by atoms with van der Waals surface area (Å²) in [5.41, 5.74) is 1.24. The van der Waals surface area contributed by atoms with E-state index in [0.717, 1.165) is 24.8 Å². The maximum Gasteiger partial charge on any atom is 0.295 e. The van der Waals surface area contributed by atoms with Gasteiger partial charge in [-0.1, -0.05) is 44.0 Å². The van der Waals surface area contributed by atoms with Crippen molar-refractivity contribution in [3.05, 3.63) is 65.2 Å². The molecule has 1 aliphatic rings. The van der Waals surface area contributed by atoms with Crippen LogP contribution in [0, 0.1) is 0 Å². The van der Waals surface area contributed by atoms with Crippen molar-refractivity contribution in [1.82, 2.24) is 4.90 Å². The summed E-state index contributed by atoms with van der Waals surface area (Å²) in [6.07, 6.45) is 2.73. The van der Waals surface area contributed by atoms with E-state index in [0.29, 0.717) is 30.2 Å². The molecule has 0 spiro atoms. The van der Waals surface area contributed by atoms with Gasteiger partial charge in [-0.2, -0.15) is 0 Å². The first-order chi connectivity index (χ1) is 15.0. The Morgan fingerprint density at radius 2 is 1.77 bits per heavy atom. The molecule has 31 heavy (non-hydrogen) atoms. The average Bonchev–Trinajstić information content (AvgIpc) is 3.04. The van der Waals surface area contributed by atoms with Gasteiger partial charge < -0.3 is 19.5 Å². The first-order valence-electron chi connectivity index (χ1n) is 10.7. The number of carbonyl (C=O) groups excluding carboxylic acids is 2. The van der Waals surface area contributed by atoms with Crippen LogP contribution in [0.5, 0.6) is 11.5 Å². The van der Waals surface area contributed by atoms with E-state index in [1.54, 1.807) is 48.4 Å². The Labute approximate surface area is 183 Å². The van der Waals surface area contributed by atoms with E-state index in [1.165, 1.54) is 0 Å². The van der Waals surface area contributed by atoms with E-state index in [-0.39, 0.29) is 11.3 Å². The van der Waals surface area contributed by atoms with Gasteiger partial charge in [0.25, 0.3) is 11.7 Å². The second-order valence-electron chi connectivity index (χ2n) is 7.44. The molecule has 0 saturated carbocycles. The Morgan fingerprint density at radius 1 is 1.03 bits per heavy atom. The van der Waals surface area contributed by atoms with Gasteiger partial charge in [0.15, 0.2) is 0 Å². The summed E-state index contributed by atoms with van der Waals surface area (Å²) in [7, 11) is 1.57. The number of hydrogen-bond acceptors (Lipinski definition) is 5. The molecule has 1 aliphatic heterocycles. The fourth-order valence-electron chi connectivity index (χ4n) is 3.86. The molecule has 0 aromatic heterocycles. The largest absolute Gasteiger partial charge is 0.507 e. The highest BCUT2D eigenvalue weighted by atomic mass is 16.5. The van der Waals surface area contributed by atoms with Crippen molar-refractivity contribution in [2.75, 3.05) is 20.3 Å². The summed E-state index contributed by atoms with van der Waals surface area (Å²) in [5, 5.41) is 11.1. The van der Waals surface area contributed by atoms with Gasteiger partial charge in [-0.05, 0) is 43.2 Å². The minimum atomic E-state index is -0.678. The number of amides is 1. The van der Waals surface area contributed by atoms with Crippen LogP contribution in [0.25, 0.3) is 5.76 Å². The molecule has 2 aromatic carbocycles. The number of aliphatic hydroxyl groups is 1. The third-order valence-electron chi connectivity index (χ3n) is 5.37. The van der Waals surface area contributed by atoms with Crippen molar-refractivity contribution in [2.24, 2.45) is 0 Å². The highest BCUT2D eigenvalue weighted by Crippen LogP contribution is 2.40. The van der Waals surface area contributed by atoms with E-state index in [9.17, 15) is 14.7 Å². The fourth-order valence-corrected chi connectivity index (χ4v) is 3.86. The molecule has 6 heteroatoms. The number of rotatable bonds is 9. The van der Waals surface area contributed by atoms with Crippen LogP contribution in [0.1, 0.15) is 50.3 Å². The summed E-state index contributed by atoms with van der Waals surface area (Å²) in [5.74, 6) is -0.266. The number of ketones is 1. The zero-order valence-electron chi connectivity index (χ0n) is 18.3. The van der Waals surface area contributed by atoms with Crippen molar-refractivity contribution < 1.29 is 24.2 Å². The number of carbonyl (C=O) groups is 2. The summed E-state index contributed by atoms with van der Waals surface area (Å²) in [4.78, 5) is 27.5. The van der Waals surface area contributed by atoms with Crippen LogP contribution in [0.15, 0.2) is 54.1 Å². The lowest BCUT2D eigenvalue weighted by molar-refractivity contribution is -0.139. The Balaban J connectivity index is 2.12. The van der Waals surface area contributed by atoms with Crippen molar-refractivity contribution >= 4 is 17.4 Å². The van der Waals surface area contributed by atoms with Gasteiger partial charge in [0.05, 0.1) is 25.3 Å². The lowest BCUT2D eigenvalue weighted by atomic mass is 9.95. The summed E-state index contributed by atoms with van der Waals surface area (Å²) in [6, 6.07) is 13.5. The van der Waals surface area contributed by atoms with Gasteiger partial charge in [-0.3, -0.25) is 9.59 Å². The third kappa shape index (κ3) is 4.74. The predicted octanol–water partition coefficient (Wildman–Crippen LogP) is 4.71. The molecule has 3 rings (SSSR count). The predicted molar refractivity (Wildman–Crippen MR) is 119 cm³/mol. The Kier molecular flexibility index (Phi) is 7.34. The Hall–Kier alpha value is -3.28. The summed E-state index contributed by atoms with van der Waals surface area (Å²) in [6.45, 7) is 4.88. The van der Waals surface area contributed by atoms with E-state index in [2.05, 4.69) is 6.92 Å². The van der Waals surface area contributed by atoms with Crippen LogP contribution in [-0.4, -0.2) is 42.0 Å². The van der Waals surface area contributed by atoms with Crippen LogP contribution in [-0.2, 0) is 9.59 Å². The first-order valence-corrected chi connectivity index (χ1v) is 10.7. The lowest BCUT2D eigenvalue weighted by Gasteiger charge is -2.25. The third-order valence-corrected chi connectivity index (χ3v) is 5.37. The molecule has 1 saturated heterocycles. The molecular weight excluding hydrogens is 394 g/mol. The maximum absolute atomic E-state index is 13.0. The van der Waals surface area contributed by atoms with E-state index < -0.39 is 17.7 Å². The van der Waals surface area contributed by atoms with Gasteiger partial charge in [0.2, 0.25) is 0 Å². The lowest BCUT2D eigenvalue weighted by Crippen LogP contribution is -2.30. The van der Waals surface area contributed by atoms with Crippen molar-refractivity contribution in [2.45, 2.75) is 39.2 Å². The molecule has 1 amide bonds. The zero-order chi connectivity index (χ0) is 22.4. The molecule has 1 heterocycles. The number of ether oxygens (including phenoxy) is 2. The molecule has 164 valence electrons. The number of benzene rings is 2. The number of hydrogen-bond donors (Lipinski definition) is 1. The highest BCUT2D eigenvalue weighted by molar-refractivity contribution is 6.46. The van der Waals surface area contributed by atoms with Gasteiger partial charge in [-0.15, -0.1) is 0 Å². The number of methoxy groups -OCH3 is 1. The SMILES string of the molecule is CCCCCN1C(=O)C(=O)/C(=C(\O)c2cccc(OCC)c2)C1c1cccc(OC)c1.